The molecule has 0 heterocycles. The first kappa shape index (κ1) is 14.0. The van der Waals surface area contributed by atoms with E-state index in [1.54, 1.807) is 7.05 Å². The van der Waals surface area contributed by atoms with Gasteiger partial charge in [-0.1, -0.05) is 0 Å². The molecule has 98 valence electrons. The molecule has 0 atom stereocenters. The summed E-state index contributed by atoms with van der Waals surface area (Å²) in [5.41, 5.74) is 10.9. The lowest BCUT2D eigenvalue weighted by atomic mass is 9.84. The molecule has 0 aliphatic heterocycles. The Morgan fingerprint density at radius 1 is 1.24 bits per heavy atom. The molecular weight excluding hydrogens is 218 g/mol. The van der Waals surface area contributed by atoms with Gasteiger partial charge in [0.25, 0.3) is 0 Å². The van der Waals surface area contributed by atoms with Crippen molar-refractivity contribution in [2.45, 2.75) is 44.6 Å². The van der Waals surface area contributed by atoms with Gasteiger partial charge in [-0.15, -0.1) is 0 Å². The Hall–Kier alpha value is -1.10. The molecule has 4 N–H and O–H groups in total. The van der Waals surface area contributed by atoms with Crippen LogP contribution in [-0.4, -0.2) is 36.3 Å². The van der Waals surface area contributed by atoms with E-state index in [0.29, 0.717) is 18.4 Å². The molecule has 0 aromatic rings. The van der Waals surface area contributed by atoms with Gasteiger partial charge in [-0.25, -0.2) is 0 Å². The van der Waals surface area contributed by atoms with E-state index in [4.69, 9.17) is 11.5 Å². The summed E-state index contributed by atoms with van der Waals surface area (Å²) in [6, 6.07) is 0.347. The fourth-order valence-electron chi connectivity index (χ4n) is 2.32. The van der Waals surface area contributed by atoms with E-state index in [9.17, 15) is 9.59 Å². The Morgan fingerprint density at radius 2 is 1.82 bits per heavy atom. The minimum atomic E-state index is -0.468. The molecule has 1 aliphatic rings. The van der Waals surface area contributed by atoms with Crippen molar-refractivity contribution in [3.63, 3.8) is 0 Å². The molecule has 0 spiro atoms. The van der Waals surface area contributed by atoms with Crippen LogP contribution in [0.1, 0.15) is 38.5 Å². The Labute approximate surface area is 103 Å². The van der Waals surface area contributed by atoms with E-state index in [0.717, 1.165) is 32.1 Å². The minimum absolute atomic E-state index is 0.00123. The molecular formula is C12H23N3O2. The lowest BCUT2D eigenvalue weighted by molar-refractivity contribution is -0.134. The summed E-state index contributed by atoms with van der Waals surface area (Å²) >= 11 is 0. The zero-order valence-electron chi connectivity index (χ0n) is 10.5. The average Bonchev–Trinajstić information content (AvgIpc) is 2.27. The van der Waals surface area contributed by atoms with Crippen molar-refractivity contribution in [3.05, 3.63) is 0 Å². The molecule has 1 rings (SSSR count). The highest BCUT2D eigenvalue weighted by atomic mass is 16.2. The van der Waals surface area contributed by atoms with Crippen LogP contribution in [0.15, 0.2) is 0 Å². The average molecular weight is 241 g/mol. The first-order chi connectivity index (χ1) is 7.99. The number of hydrogen-bond acceptors (Lipinski definition) is 3. The predicted molar refractivity (Wildman–Crippen MR) is 66.0 cm³/mol. The zero-order chi connectivity index (χ0) is 12.8. The summed E-state index contributed by atoms with van der Waals surface area (Å²) in [6.07, 6.45) is 5.77. The van der Waals surface area contributed by atoms with E-state index in [2.05, 4.69) is 0 Å². The van der Waals surface area contributed by atoms with Gasteiger partial charge >= 0.3 is 0 Å². The van der Waals surface area contributed by atoms with Crippen LogP contribution in [0.2, 0.25) is 0 Å². The number of rotatable bonds is 5. The van der Waals surface area contributed by atoms with Gasteiger partial charge in [-0.05, 0) is 38.0 Å². The number of primary amides is 1. The predicted octanol–water partition coefficient (Wildman–Crippen LogP) is 0.228. The number of amides is 2. The quantitative estimate of drug-likeness (QED) is 0.722. The highest BCUT2D eigenvalue weighted by Crippen LogP contribution is 2.26. The van der Waals surface area contributed by atoms with Gasteiger partial charge < -0.3 is 16.4 Å². The fourth-order valence-corrected chi connectivity index (χ4v) is 2.32. The standard InChI is InChI=1S/C12H23N3O2/c1-15(8-11(14)16)12(17)7-4-9-2-5-10(13)6-3-9/h9-10H,2-8,13H2,1H3,(H2,14,16). The molecule has 0 radical (unpaired) electrons. The first-order valence-electron chi connectivity index (χ1n) is 6.27. The van der Waals surface area contributed by atoms with Gasteiger partial charge in [0.1, 0.15) is 0 Å². The van der Waals surface area contributed by atoms with E-state index < -0.39 is 5.91 Å². The van der Waals surface area contributed by atoms with Gasteiger partial charge in [-0.2, -0.15) is 0 Å². The van der Waals surface area contributed by atoms with Gasteiger partial charge in [-0.3, -0.25) is 9.59 Å². The lowest BCUT2D eigenvalue weighted by Gasteiger charge is -2.26. The van der Waals surface area contributed by atoms with Crippen LogP contribution in [0.4, 0.5) is 0 Å². The first-order valence-corrected chi connectivity index (χ1v) is 6.27. The third-order valence-corrected chi connectivity index (χ3v) is 3.48. The van der Waals surface area contributed by atoms with Crippen molar-refractivity contribution < 1.29 is 9.59 Å². The summed E-state index contributed by atoms with van der Waals surface area (Å²) in [6.45, 7) is 0.00831. The number of nitrogens with zero attached hydrogens (tertiary/aromatic N) is 1. The van der Waals surface area contributed by atoms with Crippen molar-refractivity contribution >= 4 is 11.8 Å². The fraction of sp³-hybridized carbons (Fsp3) is 0.833. The van der Waals surface area contributed by atoms with Crippen LogP contribution in [0.3, 0.4) is 0 Å². The summed E-state index contributed by atoms with van der Waals surface area (Å²) in [7, 11) is 1.61. The largest absolute Gasteiger partial charge is 0.368 e. The molecule has 1 fully saturated rings. The Balaban J connectivity index is 2.21. The van der Waals surface area contributed by atoms with E-state index >= 15 is 0 Å². The maximum Gasteiger partial charge on any atom is 0.237 e. The molecule has 17 heavy (non-hydrogen) atoms. The molecule has 0 saturated heterocycles. The molecule has 0 aromatic carbocycles. The SMILES string of the molecule is CN(CC(N)=O)C(=O)CCC1CCC(N)CC1. The summed E-state index contributed by atoms with van der Waals surface area (Å²) in [5.74, 6) is 0.142. The van der Waals surface area contributed by atoms with Crippen molar-refractivity contribution in [1.29, 1.82) is 0 Å². The molecule has 0 unspecified atom stereocenters. The van der Waals surface area contributed by atoms with Gasteiger partial charge in [0.2, 0.25) is 11.8 Å². The van der Waals surface area contributed by atoms with Gasteiger partial charge in [0.15, 0.2) is 0 Å². The van der Waals surface area contributed by atoms with E-state index in [1.807, 2.05) is 0 Å². The summed E-state index contributed by atoms with van der Waals surface area (Å²) in [4.78, 5) is 23.7. The van der Waals surface area contributed by atoms with Gasteiger partial charge in [0.05, 0.1) is 6.54 Å². The topological polar surface area (TPSA) is 89.4 Å². The normalized spacial score (nSPS) is 24.4. The second kappa shape index (κ2) is 6.59. The number of hydrogen-bond donors (Lipinski definition) is 2. The molecule has 2 amide bonds. The highest BCUT2D eigenvalue weighted by Gasteiger charge is 2.20. The van der Waals surface area contributed by atoms with Crippen LogP contribution in [0.5, 0.6) is 0 Å². The van der Waals surface area contributed by atoms with Crippen LogP contribution >= 0.6 is 0 Å². The third-order valence-electron chi connectivity index (χ3n) is 3.48. The van der Waals surface area contributed by atoms with E-state index in [-0.39, 0.29) is 12.5 Å². The molecule has 1 saturated carbocycles. The second-order valence-electron chi connectivity index (χ2n) is 5.04. The monoisotopic (exact) mass is 241 g/mol. The van der Waals surface area contributed by atoms with Crippen molar-refractivity contribution in [1.82, 2.24) is 4.90 Å². The maximum absolute atomic E-state index is 11.7. The summed E-state index contributed by atoms with van der Waals surface area (Å²) in [5, 5.41) is 0. The molecule has 0 aromatic heterocycles. The smallest absolute Gasteiger partial charge is 0.237 e. The van der Waals surface area contributed by atoms with Crippen LogP contribution in [0.25, 0.3) is 0 Å². The summed E-state index contributed by atoms with van der Waals surface area (Å²) < 4.78 is 0. The van der Waals surface area contributed by atoms with E-state index in [1.165, 1.54) is 4.90 Å². The number of likely N-dealkylation sites (N-methyl/N-ethyl adjacent to an activating group) is 1. The van der Waals surface area contributed by atoms with Crippen LogP contribution in [-0.2, 0) is 9.59 Å². The molecule has 5 nitrogen and oxygen atoms in total. The van der Waals surface area contributed by atoms with Crippen molar-refractivity contribution in [2.75, 3.05) is 13.6 Å². The number of carbonyl (C=O) groups is 2. The van der Waals surface area contributed by atoms with Crippen LogP contribution in [0, 0.1) is 5.92 Å². The Kier molecular flexibility index (Phi) is 5.41. The van der Waals surface area contributed by atoms with Crippen LogP contribution < -0.4 is 11.5 Å². The third kappa shape index (κ3) is 5.17. The molecule has 1 aliphatic carbocycles. The number of carbonyl (C=O) groups excluding carboxylic acids is 2. The Morgan fingerprint density at radius 3 is 2.35 bits per heavy atom. The second-order valence-corrected chi connectivity index (χ2v) is 5.04. The minimum Gasteiger partial charge on any atom is -0.368 e. The molecule has 5 heteroatoms. The van der Waals surface area contributed by atoms with Crippen molar-refractivity contribution in [3.8, 4) is 0 Å². The Bertz CT molecular complexity index is 273. The number of nitrogens with two attached hydrogens (primary N) is 2. The lowest BCUT2D eigenvalue weighted by Crippen LogP contribution is -2.35. The maximum atomic E-state index is 11.7. The zero-order valence-corrected chi connectivity index (χ0v) is 10.5. The molecule has 0 bridgehead atoms. The van der Waals surface area contributed by atoms with Crippen molar-refractivity contribution in [2.24, 2.45) is 17.4 Å². The van der Waals surface area contributed by atoms with Gasteiger partial charge in [0, 0.05) is 19.5 Å². The highest BCUT2D eigenvalue weighted by molar-refractivity contribution is 5.83.